The molecule has 0 amide bonds. The smallest absolute Gasteiger partial charge is 0.434 e. The third-order valence-corrected chi connectivity index (χ3v) is 4.12. The maximum Gasteiger partial charge on any atom is 0.434 e. The first-order valence-corrected chi connectivity index (χ1v) is 8.62. The van der Waals surface area contributed by atoms with Crippen molar-refractivity contribution in [3.8, 4) is 5.75 Å². The average Bonchev–Trinajstić information content (AvgIpc) is 2.86. The molecule has 0 aliphatic rings. The number of hydrogen-bond acceptors (Lipinski definition) is 4. The third-order valence-electron chi connectivity index (χ3n) is 4.12. The van der Waals surface area contributed by atoms with Crippen LogP contribution in [0.3, 0.4) is 0 Å². The topological polar surface area (TPSA) is 62.5 Å². The molecule has 0 unspecified atom stereocenters. The van der Waals surface area contributed by atoms with Crippen LogP contribution in [0.1, 0.15) is 40.7 Å². The standard InChI is InChI=1S/C20H24N2O4/c1-12(2)21-18(23)15-11-16(25-6)13-9-7-8-10-14(13)17(15)22(21)19(24)26-20(3,4)5/h7-12H,1-6H3. The summed E-state index contributed by atoms with van der Waals surface area (Å²) in [7, 11) is 1.57. The fraction of sp³-hybridized carbons (Fsp3) is 0.400. The molecule has 3 aromatic rings. The van der Waals surface area contributed by atoms with E-state index >= 15 is 0 Å². The summed E-state index contributed by atoms with van der Waals surface area (Å²) in [5.74, 6) is 0.599. The van der Waals surface area contributed by atoms with Crippen LogP contribution in [0.5, 0.6) is 5.75 Å². The predicted octanol–water partition coefficient (Wildman–Crippen LogP) is 4.33. The van der Waals surface area contributed by atoms with Crippen LogP contribution in [0, 0.1) is 0 Å². The van der Waals surface area contributed by atoms with Crippen LogP contribution >= 0.6 is 0 Å². The summed E-state index contributed by atoms with van der Waals surface area (Å²) in [4.78, 5) is 26.0. The van der Waals surface area contributed by atoms with Crippen LogP contribution in [-0.4, -0.2) is 28.2 Å². The highest BCUT2D eigenvalue weighted by Crippen LogP contribution is 2.33. The Kier molecular flexibility index (Phi) is 4.30. The molecule has 0 aliphatic heterocycles. The van der Waals surface area contributed by atoms with Crippen LogP contribution in [0.15, 0.2) is 35.1 Å². The van der Waals surface area contributed by atoms with Gasteiger partial charge in [-0.05, 0) is 40.7 Å². The summed E-state index contributed by atoms with van der Waals surface area (Å²) in [6.45, 7) is 9.13. The highest BCUT2D eigenvalue weighted by Gasteiger charge is 2.27. The van der Waals surface area contributed by atoms with Gasteiger partial charge in [-0.2, -0.15) is 4.68 Å². The minimum absolute atomic E-state index is 0.216. The Labute approximate surface area is 151 Å². The lowest BCUT2D eigenvalue weighted by Crippen LogP contribution is -2.34. The summed E-state index contributed by atoms with van der Waals surface area (Å²) in [5, 5.41) is 2.03. The normalized spacial score (nSPS) is 12.1. The Morgan fingerprint density at radius 1 is 1.08 bits per heavy atom. The van der Waals surface area contributed by atoms with Gasteiger partial charge in [-0.3, -0.25) is 4.79 Å². The lowest BCUT2D eigenvalue weighted by molar-refractivity contribution is 0.0491. The third kappa shape index (κ3) is 2.85. The van der Waals surface area contributed by atoms with Crippen molar-refractivity contribution < 1.29 is 14.3 Å². The zero-order valence-electron chi connectivity index (χ0n) is 16.0. The van der Waals surface area contributed by atoms with E-state index in [1.54, 1.807) is 33.9 Å². The van der Waals surface area contributed by atoms with E-state index in [1.807, 2.05) is 38.1 Å². The van der Waals surface area contributed by atoms with Crippen molar-refractivity contribution in [2.45, 2.75) is 46.3 Å². The summed E-state index contributed by atoms with van der Waals surface area (Å²) in [6.07, 6.45) is -0.575. The molecule has 0 bridgehead atoms. The number of carbonyl (C=O) groups excluding carboxylic acids is 1. The number of methoxy groups -OCH3 is 1. The van der Waals surface area contributed by atoms with E-state index in [9.17, 15) is 9.59 Å². The molecule has 1 aromatic heterocycles. The summed E-state index contributed by atoms with van der Waals surface area (Å²) >= 11 is 0. The van der Waals surface area contributed by atoms with E-state index in [4.69, 9.17) is 9.47 Å². The molecule has 6 nitrogen and oxygen atoms in total. The van der Waals surface area contributed by atoms with Gasteiger partial charge in [-0.15, -0.1) is 0 Å². The first-order chi connectivity index (χ1) is 12.2. The Morgan fingerprint density at radius 2 is 1.69 bits per heavy atom. The minimum Gasteiger partial charge on any atom is -0.496 e. The van der Waals surface area contributed by atoms with E-state index in [1.165, 1.54) is 9.36 Å². The van der Waals surface area contributed by atoms with Crippen LogP contribution < -0.4 is 10.3 Å². The van der Waals surface area contributed by atoms with Crippen molar-refractivity contribution in [3.05, 3.63) is 40.7 Å². The Bertz CT molecular complexity index is 1050. The molecule has 1 heterocycles. The van der Waals surface area contributed by atoms with Crippen LogP contribution in [0.4, 0.5) is 4.79 Å². The Morgan fingerprint density at radius 3 is 2.23 bits per heavy atom. The fourth-order valence-electron chi connectivity index (χ4n) is 3.16. The van der Waals surface area contributed by atoms with E-state index in [0.717, 1.165) is 10.8 Å². The molecule has 0 aliphatic carbocycles. The maximum atomic E-state index is 13.1. The zero-order valence-corrected chi connectivity index (χ0v) is 16.0. The molecule has 0 radical (unpaired) electrons. The molecule has 0 N–H and O–H groups in total. The highest BCUT2D eigenvalue weighted by atomic mass is 16.6. The number of carbonyl (C=O) groups is 1. The van der Waals surface area contributed by atoms with E-state index < -0.39 is 11.7 Å². The molecule has 2 aromatic carbocycles. The van der Waals surface area contributed by atoms with Crippen molar-refractivity contribution in [1.29, 1.82) is 0 Å². The monoisotopic (exact) mass is 356 g/mol. The number of hydrogen-bond donors (Lipinski definition) is 0. The minimum atomic E-state index is -0.673. The van der Waals surface area contributed by atoms with Gasteiger partial charge in [-0.25, -0.2) is 9.48 Å². The van der Waals surface area contributed by atoms with Crippen LogP contribution in [0.2, 0.25) is 0 Å². The van der Waals surface area contributed by atoms with E-state index in [0.29, 0.717) is 16.7 Å². The van der Waals surface area contributed by atoms with Gasteiger partial charge in [0.25, 0.3) is 5.56 Å². The van der Waals surface area contributed by atoms with Crippen molar-refractivity contribution in [1.82, 2.24) is 9.36 Å². The lowest BCUT2D eigenvalue weighted by atomic mass is 10.1. The molecule has 3 rings (SSSR count). The van der Waals surface area contributed by atoms with Crippen molar-refractivity contribution >= 4 is 27.8 Å². The molecule has 0 saturated carbocycles. The van der Waals surface area contributed by atoms with Gasteiger partial charge in [-0.1, -0.05) is 24.3 Å². The maximum absolute atomic E-state index is 13.1. The fourth-order valence-corrected chi connectivity index (χ4v) is 3.16. The molecule has 138 valence electrons. The molecule has 0 atom stereocenters. The molecule has 0 spiro atoms. The molecule has 26 heavy (non-hydrogen) atoms. The van der Waals surface area contributed by atoms with Gasteiger partial charge < -0.3 is 9.47 Å². The zero-order chi connectivity index (χ0) is 19.2. The second-order valence-corrected chi connectivity index (χ2v) is 7.56. The van der Waals surface area contributed by atoms with E-state index in [-0.39, 0.29) is 11.6 Å². The second kappa shape index (κ2) is 6.20. The van der Waals surface area contributed by atoms with Crippen molar-refractivity contribution in [2.24, 2.45) is 0 Å². The number of benzene rings is 2. The second-order valence-electron chi connectivity index (χ2n) is 7.56. The first-order valence-electron chi connectivity index (χ1n) is 8.62. The number of fused-ring (bicyclic) bond motifs is 3. The number of ether oxygens (including phenoxy) is 2. The first kappa shape index (κ1) is 18.0. The molecule has 0 saturated heterocycles. The van der Waals surface area contributed by atoms with Gasteiger partial charge in [0.15, 0.2) is 0 Å². The Hall–Kier alpha value is -2.76. The van der Waals surface area contributed by atoms with E-state index in [2.05, 4.69) is 0 Å². The molecular formula is C20H24N2O4. The predicted molar refractivity (Wildman–Crippen MR) is 102 cm³/mol. The Balaban J connectivity index is 2.49. The number of rotatable bonds is 2. The molecular weight excluding hydrogens is 332 g/mol. The van der Waals surface area contributed by atoms with Gasteiger partial charge in [0.2, 0.25) is 0 Å². The highest BCUT2D eigenvalue weighted by molar-refractivity contribution is 6.10. The van der Waals surface area contributed by atoms with Gasteiger partial charge in [0.05, 0.1) is 18.0 Å². The largest absolute Gasteiger partial charge is 0.496 e. The molecule has 0 fully saturated rings. The van der Waals surface area contributed by atoms with Crippen molar-refractivity contribution in [3.63, 3.8) is 0 Å². The lowest BCUT2D eigenvalue weighted by Gasteiger charge is -2.22. The summed E-state index contributed by atoms with van der Waals surface area (Å²) < 4.78 is 13.8. The summed E-state index contributed by atoms with van der Waals surface area (Å²) in [5.41, 5.74) is -0.382. The average molecular weight is 356 g/mol. The quantitative estimate of drug-likeness (QED) is 0.686. The SMILES string of the molecule is COc1cc2c(=O)n(C(C)C)n(C(=O)OC(C)(C)C)c2c2ccccc12. The number of aromatic nitrogens is 2. The molecule has 6 heteroatoms. The van der Waals surface area contributed by atoms with Crippen molar-refractivity contribution in [2.75, 3.05) is 7.11 Å². The summed E-state index contributed by atoms with van der Waals surface area (Å²) in [6, 6.07) is 9.03. The van der Waals surface area contributed by atoms with Crippen LogP contribution in [0.25, 0.3) is 21.7 Å². The number of nitrogens with zero attached hydrogens (tertiary/aromatic N) is 2. The van der Waals surface area contributed by atoms with Gasteiger partial charge in [0.1, 0.15) is 11.4 Å². The van der Waals surface area contributed by atoms with Gasteiger partial charge in [0, 0.05) is 16.8 Å². The van der Waals surface area contributed by atoms with Crippen LogP contribution in [-0.2, 0) is 4.74 Å². The van der Waals surface area contributed by atoms with Gasteiger partial charge >= 0.3 is 6.09 Å².